The average molecular weight is 221 g/mol. The molecule has 1 aliphatic rings. The maximum atomic E-state index is 11.1. The zero-order valence-electron chi connectivity index (χ0n) is 9.23. The minimum Gasteiger partial charge on any atom is -0.497 e. The van der Waals surface area contributed by atoms with E-state index in [2.05, 4.69) is 5.32 Å². The van der Waals surface area contributed by atoms with Gasteiger partial charge in [0.25, 0.3) is 0 Å². The average Bonchev–Trinajstić information content (AvgIpc) is 2.30. The number of benzene rings is 1. The van der Waals surface area contributed by atoms with Gasteiger partial charge in [-0.15, -0.1) is 0 Å². The van der Waals surface area contributed by atoms with Crippen molar-refractivity contribution in [3.8, 4) is 5.75 Å². The number of methoxy groups -OCH3 is 1. The van der Waals surface area contributed by atoms with Gasteiger partial charge in [-0.3, -0.25) is 4.79 Å². The van der Waals surface area contributed by atoms with Gasteiger partial charge in [0, 0.05) is 0 Å². The van der Waals surface area contributed by atoms with Crippen LogP contribution in [0.5, 0.6) is 5.75 Å². The number of rotatable bonds is 3. The summed E-state index contributed by atoms with van der Waals surface area (Å²) in [6.07, 6.45) is 0.787. The van der Waals surface area contributed by atoms with Gasteiger partial charge in [-0.2, -0.15) is 0 Å². The molecule has 0 saturated carbocycles. The first-order valence-electron chi connectivity index (χ1n) is 5.28. The van der Waals surface area contributed by atoms with Crippen LogP contribution in [0.3, 0.4) is 0 Å². The molecule has 0 radical (unpaired) electrons. The summed E-state index contributed by atoms with van der Waals surface area (Å²) in [5.41, 5.74) is 1.16. The third kappa shape index (κ3) is 2.73. The summed E-state index contributed by atoms with van der Waals surface area (Å²) in [5, 5.41) is 2.90. The molecule has 1 unspecified atom stereocenters. The maximum Gasteiger partial charge on any atom is 0.246 e. The second kappa shape index (κ2) is 4.99. The van der Waals surface area contributed by atoms with E-state index in [0.29, 0.717) is 6.61 Å². The highest BCUT2D eigenvalue weighted by Crippen LogP contribution is 2.13. The highest BCUT2D eigenvalue weighted by molar-refractivity contribution is 5.78. The van der Waals surface area contributed by atoms with Gasteiger partial charge in [-0.1, -0.05) is 12.1 Å². The Kier molecular flexibility index (Phi) is 3.41. The molecule has 0 aromatic heterocycles. The normalized spacial score (nSPS) is 20.3. The molecular formula is C12H15NO3. The predicted molar refractivity (Wildman–Crippen MR) is 59.4 cm³/mol. The molecule has 2 rings (SSSR count). The summed E-state index contributed by atoms with van der Waals surface area (Å²) in [5.74, 6) is 0.803. The van der Waals surface area contributed by atoms with E-state index in [9.17, 15) is 4.79 Å². The zero-order valence-corrected chi connectivity index (χ0v) is 9.23. The van der Waals surface area contributed by atoms with Gasteiger partial charge in [-0.25, -0.2) is 0 Å². The molecule has 86 valence electrons. The number of nitrogens with one attached hydrogen (secondary N) is 1. The van der Waals surface area contributed by atoms with E-state index in [4.69, 9.17) is 9.47 Å². The minimum absolute atomic E-state index is 0.0373. The van der Waals surface area contributed by atoms with Crippen molar-refractivity contribution in [1.82, 2.24) is 5.32 Å². The Bertz CT molecular complexity index is 361. The lowest BCUT2D eigenvalue weighted by Gasteiger charge is -2.23. The Hall–Kier alpha value is -1.55. The zero-order chi connectivity index (χ0) is 11.4. The first kappa shape index (κ1) is 11.0. The number of ether oxygens (including phenoxy) is 2. The summed E-state index contributed by atoms with van der Waals surface area (Å²) in [7, 11) is 1.64. The van der Waals surface area contributed by atoms with Crippen molar-refractivity contribution in [1.29, 1.82) is 0 Å². The number of hydrogen-bond acceptors (Lipinski definition) is 3. The van der Waals surface area contributed by atoms with Crippen LogP contribution in [-0.2, 0) is 16.0 Å². The second-order valence-corrected chi connectivity index (χ2v) is 3.83. The summed E-state index contributed by atoms with van der Waals surface area (Å²) in [4.78, 5) is 11.1. The molecule has 4 heteroatoms. The first-order chi connectivity index (χ1) is 7.78. The fourth-order valence-corrected chi connectivity index (χ4v) is 1.76. The van der Waals surface area contributed by atoms with E-state index >= 15 is 0 Å². The van der Waals surface area contributed by atoms with Crippen molar-refractivity contribution in [2.45, 2.75) is 12.5 Å². The summed E-state index contributed by atoms with van der Waals surface area (Å²) in [6, 6.07) is 7.91. The van der Waals surface area contributed by atoms with Gasteiger partial charge in [-0.05, 0) is 24.1 Å². The molecule has 1 atom stereocenters. The van der Waals surface area contributed by atoms with Crippen LogP contribution in [0, 0.1) is 0 Å². The fraction of sp³-hybridized carbons (Fsp3) is 0.417. The SMILES string of the molecule is COc1ccc(CC2COCC(=O)N2)cc1. The largest absolute Gasteiger partial charge is 0.497 e. The van der Waals surface area contributed by atoms with E-state index in [1.54, 1.807) is 7.11 Å². The number of carbonyl (C=O) groups excluding carboxylic acids is 1. The van der Waals surface area contributed by atoms with Crippen LogP contribution in [0.4, 0.5) is 0 Å². The molecule has 1 amide bonds. The third-order valence-corrected chi connectivity index (χ3v) is 2.56. The van der Waals surface area contributed by atoms with Crippen LogP contribution in [-0.4, -0.2) is 32.3 Å². The third-order valence-electron chi connectivity index (χ3n) is 2.56. The van der Waals surface area contributed by atoms with E-state index in [1.807, 2.05) is 24.3 Å². The molecule has 1 heterocycles. The maximum absolute atomic E-state index is 11.1. The van der Waals surface area contributed by atoms with Crippen molar-refractivity contribution in [3.05, 3.63) is 29.8 Å². The predicted octanol–water partition coefficient (Wildman–Crippen LogP) is 0.753. The molecule has 1 N–H and O–H groups in total. The Morgan fingerprint density at radius 3 is 2.81 bits per heavy atom. The van der Waals surface area contributed by atoms with Gasteiger partial charge in [0.15, 0.2) is 0 Å². The van der Waals surface area contributed by atoms with Crippen LogP contribution in [0.1, 0.15) is 5.56 Å². The Labute approximate surface area is 94.6 Å². The van der Waals surface area contributed by atoms with Crippen molar-refractivity contribution in [2.75, 3.05) is 20.3 Å². The van der Waals surface area contributed by atoms with Gasteiger partial charge in [0.05, 0.1) is 19.8 Å². The first-order valence-corrected chi connectivity index (χ1v) is 5.28. The second-order valence-electron chi connectivity index (χ2n) is 3.83. The van der Waals surface area contributed by atoms with Crippen LogP contribution in [0.2, 0.25) is 0 Å². The molecule has 1 fully saturated rings. The molecule has 0 spiro atoms. The molecule has 1 aliphatic heterocycles. The summed E-state index contributed by atoms with van der Waals surface area (Å²) < 4.78 is 10.3. The Morgan fingerprint density at radius 2 is 2.19 bits per heavy atom. The van der Waals surface area contributed by atoms with Crippen LogP contribution in [0.25, 0.3) is 0 Å². The standard InChI is InChI=1S/C12H15NO3/c1-15-11-4-2-9(3-5-11)6-10-7-16-8-12(14)13-10/h2-5,10H,6-8H2,1H3,(H,13,14). The summed E-state index contributed by atoms with van der Waals surface area (Å²) >= 11 is 0. The van der Waals surface area contributed by atoms with Crippen molar-refractivity contribution in [2.24, 2.45) is 0 Å². The van der Waals surface area contributed by atoms with Gasteiger partial charge in [0.2, 0.25) is 5.91 Å². The number of carbonyl (C=O) groups is 1. The van der Waals surface area contributed by atoms with Crippen molar-refractivity contribution in [3.63, 3.8) is 0 Å². The Balaban J connectivity index is 1.94. The monoisotopic (exact) mass is 221 g/mol. The highest BCUT2D eigenvalue weighted by atomic mass is 16.5. The Morgan fingerprint density at radius 1 is 1.44 bits per heavy atom. The minimum atomic E-state index is -0.0373. The number of hydrogen-bond donors (Lipinski definition) is 1. The van der Waals surface area contributed by atoms with Crippen LogP contribution >= 0.6 is 0 Å². The van der Waals surface area contributed by atoms with Gasteiger partial charge in [0.1, 0.15) is 12.4 Å². The van der Waals surface area contributed by atoms with Gasteiger partial charge < -0.3 is 14.8 Å². The van der Waals surface area contributed by atoms with Crippen LogP contribution < -0.4 is 10.1 Å². The van der Waals surface area contributed by atoms with Crippen molar-refractivity contribution < 1.29 is 14.3 Å². The fourth-order valence-electron chi connectivity index (χ4n) is 1.76. The molecule has 1 saturated heterocycles. The van der Waals surface area contributed by atoms with E-state index in [0.717, 1.165) is 17.7 Å². The number of morpholine rings is 1. The van der Waals surface area contributed by atoms with E-state index in [1.165, 1.54) is 0 Å². The quantitative estimate of drug-likeness (QED) is 0.819. The smallest absolute Gasteiger partial charge is 0.246 e. The van der Waals surface area contributed by atoms with Crippen molar-refractivity contribution >= 4 is 5.91 Å². The van der Waals surface area contributed by atoms with E-state index in [-0.39, 0.29) is 18.6 Å². The number of amides is 1. The molecule has 1 aromatic carbocycles. The van der Waals surface area contributed by atoms with Gasteiger partial charge >= 0.3 is 0 Å². The van der Waals surface area contributed by atoms with Crippen LogP contribution in [0.15, 0.2) is 24.3 Å². The molecule has 0 aliphatic carbocycles. The topological polar surface area (TPSA) is 47.6 Å². The molecular weight excluding hydrogens is 206 g/mol. The molecule has 4 nitrogen and oxygen atoms in total. The lowest BCUT2D eigenvalue weighted by atomic mass is 10.1. The molecule has 16 heavy (non-hydrogen) atoms. The highest BCUT2D eigenvalue weighted by Gasteiger charge is 2.18. The molecule has 1 aromatic rings. The lowest BCUT2D eigenvalue weighted by molar-refractivity contribution is -0.131. The van der Waals surface area contributed by atoms with E-state index < -0.39 is 0 Å². The summed E-state index contributed by atoms with van der Waals surface area (Å²) in [6.45, 7) is 0.761. The lowest BCUT2D eigenvalue weighted by Crippen LogP contribution is -2.46. The molecule has 0 bridgehead atoms.